The van der Waals surface area contributed by atoms with E-state index in [9.17, 15) is 8.78 Å². The first-order chi connectivity index (χ1) is 18.6. The number of thioether (sulfide) groups is 2. The topological polar surface area (TPSA) is 102 Å². The first-order valence-electron chi connectivity index (χ1n) is 11.6. The predicted octanol–water partition coefficient (Wildman–Crippen LogP) is 6.54. The summed E-state index contributed by atoms with van der Waals surface area (Å²) in [6.07, 6.45) is 0. The molecule has 0 radical (unpaired) electrons. The van der Waals surface area contributed by atoms with Crippen molar-refractivity contribution >= 4 is 34.9 Å². The fourth-order valence-electron chi connectivity index (χ4n) is 3.25. The number of halogens is 2. The smallest absolute Gasteiger partial charge is 0.276 e. The lowest BCUT2D eigenvalue weighted by atomic mass is 10.2. The van der Waals surface area contributed by atoms with E-state index in [1.165, 1.54) is 47.8 Å². The van der Waals surface area contributed by atoms with E-state index < -0.39 is 0 Å². The number of hydrogen-bond acceptors (Lipinski definition) is 10. The fourth-order valence-corrected chi connectivity index (χ4v) is 4.72. The normalized spacial score (nSPS) is 11.0. The Morgan fingerprint density at radius 1 is 0.553 bits per heavy atom. The van der Waals surface area contributed by atoms with Gasteiger partial charge in [-0.05, 0) is 59.7 Å². The van der Waals surface area contributed by atoms with Crippen LogP contribution in [-0.2, 0) is 24.6 Å². The molecule has 8 nitrogen and oxygen atoms in total. The van der Waals surface area contributed by atoms with Gasteiger partial charge in [-0.3, -0.25) is 0 Å². The zero-order valence-corrected chi connectivity index (χ0v) is 21.6. The van der Waals surface area contributed by atoms with Gasteiger partial charge >= 0.3 is 0 Å². The third-order valence-electron chi connectivity index (χ3n) is 5.22. The number of aromatic nitrogens is 4. The average Bonchev–Trinajstić information content (AvgIpc) is 3.60. The maximum Gasteiger partial charge on any atom is 0.276 e. The predicted molar refractivity (Wildman–Crippen MR) is 142 cm³/mol. The second-order valence-corrected chi connectivity index (χ2v) is 9.89. The number of rotatable bonds is 12. The van der Waals surface area contributed by atoms with Crippen LogP contribution < -0.4 is 10.6 Å². The minimum atomic E-state index is -0.284. The van der Waals surface area contributed by atoms with E-state index in [1.807, 2.05) is 0 Å². The van der Waals surface area contributed by atoms with Crippen molar-refractivity contribution in [2.75, 3.05) is 10.6 Å². The molecule has 0 saturated heterocycles. The van der Waals surface area contributed by atoms with Crippen molar-refractivity contribution in [3.05, 3.63) is 107 Å². The zero-order valence-electron chi connectivity index (χ0n) is 19.9. The molecule has 0 bridgehead atoms. The summed E-state index contributed by atoms with van der Waals surface area (Å²) in [5, 5.41) is 23.5. The van der Waals surface area contributed by atoms with Gasteiger partial charge in [0, 0.05) is 22.9 Å². The van der Waals surface area contributed by atoms with Crippen LogP contribution in [-0.4, -0.2) is 20.4 Å². The summed E-state index contributed by atoms with van der Waals surface area (Å²) in [7, 11) is 0. The Balaban J connectivity index is 1.03. The van der Waals surface area contributed by atoms with Crippen LogP contribution >= 0.6 is 23.5 Å². The average molecular weight is 553 g/mol. The summed E-state index contributed by atoms with van der Waals surface area (Å²) < 4.78 is 37.3. The molecule has 3 aromatic carbocycles. The first-order valence-corrected chi connectivity index (χ1v) is 13.5. The van der Waals surface area contributed by atoms with Gasteiger partial charge in [-0.25, -0.2) is 8.78 Å². The number of hydrogen-bond donors (Lipinski definition) is 2. The second kappa shape index (κ2) is 12.6. The van der Waals surface area contributed by atoms with Gasteiger partial charge in [0.15, 0.2) is 0 Å². The molecule has 0 aliphatic carbocycles. The van der Waals surface area contributed by atoms with Crippen LogP contribution in [0.1, 0.15) is 22.9 Å². The maximum atomic E-state index is 13.0. The number of anilines is 2. The molecule has 0 fully saturated rings. The monoisotopic (exact) mass is 552 g/mol. The molecule has 0 amide bonds. The van der Waals surface area contributed by atoms with Crippen LogP contribution in [0, 0.1) is 11.6 Å². The van der Waals surface area contributed by atoms with E-state index in [-0.39, 0.29) is 11.6 Å². The van der Waals surface area contributed by atoms with Crippen molar-refractivity contribution < 1.29 is 17.6 Å². The summed E-state index contributed by atoms with van der Waals surface area (Å²) >= 11 is 2.92. The lowest BCUT2D eigenvalue weighted by molar-refractivity contribution is 0.418. The Morgan fingerprint density at radius 3 is 1.34 bits per heavy atom. The molecular weight excluding hydrogens is 530 g/mol. The van der Waals surface area contributed by atoms with E-state index in [1.54, 1.807) is 24.3 Å². The van der Waals surface area contributed by atoms with Crippen LogP contribution in [0.15, 0.2) is 92.1 Å². The summed E-state index contributed by atoms with van der Waals surface area (Å²) in [4.78, 5) is 0. The standard InChI is InChI=1S/C26H22F2N6O2S2/c27-19-5-9-21(10-6-19)29-13-23-31-33-25(35-23)37-15-17-1-2-18(4-3-17)16-38-26-34-32-24(36-26)14-30-22-11-7-20(28)8-12-22/h1-12,29-30H,13-16H2. The van der Waals surface area contributed by atoms with E-state index >= 15 is 0 Å². The third-order valence-corrected chi connectivity index (χ3v) is 7.00. The molecule has 12 heteroatoms. The Kier molecular flexibility index (Phi) is 8.51. The summed E-state index contributed by atoms with van der Waals surface area (Å²) in [6, 6.07) is 20.4. The van der Waals surface area contributed by atoms with Gasteiger partial charge < -0.3 is 19.5 Å². The molecule has 2 N–H and O–H groups in total. The van der Waals surface area contributed by atoms with Gasteiger partial charge in [-0.1, -0.05) is 47.8 Å². The molecule has 0 atom stereocenters. The number of nitrogens with one attached hydrogen (secondary N) is 2. The Labute approximate surface area is 225 Å². The molecular formula is C26H22F2N6O2S2. The first kappa shape index (κ1) is 25.7. The fraction of sp³-hybridized carbons (Fsp3) is 0.154. The quantitative estimate of drug-likeness (QED) is 0.166. The third kappa shape index (κ3) is 7.56. The van der Waals surface area contributed by atoms with Gasteiger partial charge in [-0.2, -0.15) is 0 Å². The van der Waals surface area contributed by atoms with Crippen LogP contribution in [0.3, 0.4) is 0 Å². The van der Waals surface area contributed by atoms with Crippen molar-refractivity contribution in [3.8, 4) is 0 Å². The molecule has 5 rings (SSSR count). The molecule has 194 valence electrons. The summed E-state index contributed by atoms with van der Waals surface area (Å²) in [6.45, 7) is 0.718. The van der Waals surface area contributed by atoms with Gasteiger partial charge in [0.1, 0.15) is 11.6 Å². The molecule has 5 aromatic rings. The lowest BCUT2D eigenvalue weighted by Crippen LogP contribution is -1.99. The molecule has 0 aliphatic heterocycles. The van der Waals surface area contributed by atoms with Gasteiger partial charge in [-0.15, -0.1) is 20.4 Å². The van der Waals surface area contributed by atoms with Crippen LogP contribution in [0.25, 0.3) is 0 Å². The number of nitrogens with zero attached hydrogens (tertiary/aromatic N) is 4. The molecule has 0 unspecified atom stereocenters. The maximum absolute atomic E-state index is 13.0. The summed E-state index contributed by atoms with van der Waals surface area (Å²) in [5.74, 6) is 1.73. The second-order valence-electron chi connectivity index (χ2n) is 8.04. The molecule has 2 aromatic heterocycles. The van der Waals surface area contributed by atoms with Crippen LogP contribution in [0.4, 0.5) is 20.2 Å². The Bertz CT molecular complexity index is 1330. The highest BCUT2D eigenvalue weighted by Gasteiger charge is 2.09. The molecule has 2 heterocycles. The van der Waals surface area contributed by atoms with E-state index in [0.29, 0.717) is 46.8 Å². The van der Waals surface area contributed by atoms with Gasteiger partial charge in [0.2, 0.25) is 11.8 Å². The van der Waals surface area contributed by atoms with E-state index in [2.05, 4.69) is 55.3 Å². The molecule has 0 spiro atoms. The largest absolute Gasteiger partial charge is 0.414 e. The Morgan fingerprint density at radius 2 is 0.947 bits per heavy atom. The van der Waals surface area contributed by atoms with Crippen molar-refractivity contribution in [1.82, 2.24) is 20.4 Å². The minimum absolute atomic E-state index is 0.284. The zero-order chi connectivity index (χ0) is 26.2. The lowest BCUT2D eigenvalue weighted by Gasteiger charge is -2.03. The van der Waals surface area contributed by atoms with Crippen molar-refractivity contribution in [2.45, 2.75) is 35.0 Å². The van der Waals surface area contributed by atoms with Crippen molar-refractivity contribution in [1.29, 1.82) is 0 Å². The highest BCUT2D eigenvalue weighted by atomic mass is 32.2. The molecule has 0 aliphatic rings. The highest BCUT2D eigenvalue weighted by Crippen LogP contribution is 2.25. The highest BCUT2D eigenvalue weighted by molar-refractivity contribution is 7.98. The number of benzene rings is 3. The van der Waals surface area contributed by atoms with E-state index in [0.717, 1.165) is 22.5 Å². The SMILES string of the molecule is Fc1ccc(NCc2nnc(SCc3ccc(CSc4nnc(CNc5ccc(F)cc5)o4)cc3)o2)cc1. The van der Waals surface area contributed by atoms with E-state index in [4.69, 9.17) is 8.83 Å². The molecule has 0 saturated carbocycles. The van der Waals surface area contributed by atoms with Gasteiger partial charge in [0.05, 0.1) is 13.1 Å². The van der Waals surface area contributed by atoms with Crippen LogP contribution in [0.2, 0.25) is 0 Å². The van der Waals surface area contributed by atoms with Gasteiger partial charge in [0.25, 0.3) is 10.4 Å². The molecule has 38 heavy (non-hydrogen) atoms. The van der Waals surface area contributed by atoms with Crippen molar-refractivity contribution in [2.24, 2.45) is 0 Å². The summed E-state index contributed by atoms with van der Waals surface area (Å²) in [5.41, 5.74) is 3.80. The Hall–Kier alpha value is -3.90. The van der Waals surface area contributed by atoms with Crippen molar-refractivity contribution in [3.63, 3.8) is 0 Å². The van der Waals surface area contributed by atoms with Crippen LogP contribution in [0.5, 0.6) is 0 Å². The minimum Gasteiger partial charge on any atom is -0.414 e.